The van der Waals surface area contributed by atoms with Gasteiger partial charge in [-0.3, -0.25) is 0 Å². The lowest BCUT2D eigenvalue weighted by atomic mass is 9.90. The van der Waals surface area contributed by atoms with E-state index in [2.05, 4.69) is 5.32 Å². The molecule has 0 aromatic heterocycles. The molecule has 1 atom stereocenters. The van der Waals surface area contributed by atoms with E-state index in [1.54, 1.807) is 7.11 Å². The maximum atomic E-state index is 14.3. The number of hydrogen-bond acceptors (Lipinski definition) is 2. The van der Waals surface area contributed by atoms with E-state index in [0.29, 0.717) is 23.7 Å². The predicted octanol–water partition coefficient (Wildman–Crippen LogP) is 3.10. The van der Waals surface area contributed by atoms with Crippen LogP contribution in [0, 0.1) is 5.92 Å². The van der Waals surface area contributed by atoms with Crippen LogP contribution in [0.1, 0.15) is 31.0 Å². The van der Waals surface area contributed by atoms with Crippen LogP contribution < -0.4 is 10.1 Å². The molecule has 1 aliphatic rings. The molecule has 1 saturated heterocycles. The second-order valence-corrected chi connectivity index (χ2v) is 4.64. The normalized spacial score (nSPS) is 18.9. The number of alkyl halides is 1. The van der Waals surface area contributed by atoms with Gasteiger partial charge in [0.05, 0.1) is 7.11 Å². The molecule has 0 saturated carbocycles. The summed E-state index contributed by atoms with van der Waals surface area (Å²) in [7, 11) is 1.59. The molecular formula is C14H20FNO. The summed E-state index contributed by atoms with van der Waals surface area (Å²) in [6, 6.07) is 7.39. The van der Waals surface area contributed by atoms with Crippen LogP contribution in [0.5, 0.6) is 5.75 Å². The van der Waals surface area contributed by atoms with Crippen molar-refractivity contribution in [2.45, 2.75) is 25.4 Å². The van der Waals surface area contributed by atoms with Crippen molar-refractivity contribution in [2.75, 3.05) is 20.2 Å². The smallest absolute Gasteiger partial charge is 0.129 e. The van der Waals surface area contributed by atoms with Gasteiger partial charge in [0.25, 0.3) is 0 Å². The van der Waals surface area contributed by atoms with Gasteiger partial charge in [0.2, 0.25) is 0 Å². The molecule has 1 N–H and O–H groups in total. The summed E-state index contributed by atoms with van der Waals surface area (Å²) in [4.78, 5) is 0. The van der Waals surface area contributed by atoms with E-state index in [4.69, 9.17) is 4.74 Å². The molecule has 1 aromatic rings. The molecule has 1 aliphatic heterocycles. The SMILES string of the molecule is COc1ccccc1C(F)CC1CCNCC1. The van der Waals surface area contributed by atoms with E-state index in [1.807, 2.05) is 24.3 Å². The number of halogens is 1. The van der Waals surface area contributed by atoms with Gasteiger partial charge in [0.15, 0.2) is 0 Å². The van der Waals surface area contributed by atoms with Crippen LogP contribution in [-0.4, -0.2) is 20.2 Å². The van der Waals surface area contributed by atoms with Gasteiger partial charge in [-0.15, -0.1) is 0 Å². The number of benzene rings is 1. The third-order valence-electron chi connectivity index (χ3n) is 3.48. The van der Waals surface area contributed by atoms with Gasteiger partial charge in [-0.25, -0.2) is 4.39 Å². The minimum atomic E-state index is -0.908. The van der Waals surface area contributed by atoms with Crippen molar-refractivity contribution in [1.82, 2.24) is 5.32 Å². The molecule has 3 heteroatoms. The summed E-state index contributed by atoms with van der Waals surface area (Å²) in [6.07, 6.45) is 1.86. The predicted molar refractivity (Wildman–Crippen MR) is 67.1 cm³/mol. The van der Waals surface area contributed by atoms with Crippen LogP contribution in [-0.2, 0) is 0 Å². The molecule has 1 unspecified atom stereocenters. The summed E-state index contributed by atoms with van der Waals surface area (Å²) in [5.41, 5.74) is 0.688. The van der Waals surface area contributed by atoms with Gasteiger partial charge in [0.1, 0.15) is 11.9 Å². The highest BCUT2D eigenvalue weighted by atomic mass is 19.1. The summed E-state index contributed by atoms with van der Waals surface area (Å²) in [5, 5.41) is 3.30. The van der Waals surface area contributed by atoms with Gasteiger partial charge in [-0.05, 0) is 44.3 Å². The van der Waals surface area contributed by atoms with Crippen molar-refractivity contribution in [1.29, 1.82) is 0 Å². The minimum absolute atomic E-state index is 0.496. The van der Waals surface area contributed by atoms with E-state index >= 15 is 0 Å². The largest absolute Gasteiger partial charge is 0.496 e. The van der Waals surface area contributed by atoms with Crippen LogP contribution in [0.15, 0.2) is 24.3 Å². The van der Waals surface area contributed by atoms with Gasteiger partial charge in [0, 0.05) is 5.56 Å². The Labute approximate surface area is 102 Å². The third-order valence-corrected chi connectivity index (χ3v) is 3.48. The monoisotopic (exact) mass is 237 g/mol. The quantitative estimate of drug-likeness (QED) is 0.868. The molecule has 0 spiro atoms. The van der Waals surface area contributed by atoms with E-state index in [1.165, 1.54) is 0 Å². The lowest BCUT2D eigenvalue weighted by molar-refractivity contribution is 0.235. The van der Waals surface area contributed by atoms with Crippen molar-refractivity contribution < 1.29 is 9.13 Å². The molecular weight excluding hydrogens is 217 g/mol. The van der Waals surface area contributed by atoms with Crippen LogP contribution in [0.4, 0.5) is 4.39 Å². The van der Waals surface area contributed by atoms with Crippen LogP contribution in [0.3, 0.4) is 0 Å². The third kappa shape index (κ3) is 3.19. The molecule has 1 fully saturated rings. The van der Waals surface area contributed by atoms with Crippen LogP contribution in [0.25, 0.3) is 0 Å². The van der Waals surface area contributed by atoms with E-state index in [0.717, 1.165) is 25.9 Å². The molecule has 0 amide bonds. The van der Waals surface area contributed by atoms with Crippen molar-refractivity contribution in [2.24, 2.45) is 5.92 Å². The lowest BCUT2D eigenvalue weighted by Crippen LogP contribution is -2.28. The highest BCUT2D eigenvalue weighted by Crippen LogP contribution is 2.34. The number of ether oxygens (including phenoxy) is 1. The number of hydrogen-bond donors (Lipinski definition) is 1. The molecule has 0 radical (unpaired) electrons. The van der Waals surface area contributed by atoms with Crippen molar-refractivity contribution in [3.05, 3.63) is 29.8 Å². The zero-order chi connectivity index (χ0) is 12.1. The number of para-hydroxylation sites is 1. The Balaban J connectivity index is 2.00. The first-order chi connectivity index (χ1) is 8.31. The summed E-state index contributed by atoms with van der Waals surface area (Å²) in [6.45, 7) is 2.03. The fourth-order valence-electron chi connectivity index (χ4n) is 2.46. The number of methoxy groups -OCH3 is 1. The molecule has 17 heavy (non-hydrogen) atoms. The fraction of sp³-hybridized carbons (Fsp3) is 0.571. The molecule has 1 heterocycles. The first kappa shape index (κ1) is 12.4. The summed E-state index contributed by atoms with van der Waals surface area (Å²) < 4.78 is 19.5. The Bertz CT molecular complexity index is 350. The van der Waals surface area contributed by atoms with Crippen LogP contribution in [0.2, 0.25) is 0 Å². The minimum Gasteiger partial charge on any atom is -0.496 e. The Morgan fingerprint density at radius 2 is 2.06 bits per heavy atom. The van der Waals surface area contributed by atoms with Gasteiger partial charge < -0.3 is 10.1 Å². The average molecular weight is 237 g/mol. The Morgan fingerprint density at radius 1 is 1.35 bits per heavy atom. The zero-order valence-electron chi connectivity index (χ0n) is 10.3. The molecule has 0 aliphatic carbocycles. The van der Waals surface area contributed by atoms with Gasteiger partial charge >= 0.3 is 0 Å². The Morgan fingerprint density at radius 3 is 2.76 bits per heavy atom. The fourth-order valence-corrected chi connectivity index (χ4v) is 2.46. The standard InChI is InChI=1S/C14H20FNO/c1-17-14-5-3-2-4-12(14)13(15)10-11-6-8-16-9-7-11/h2-5,11,13,16H,6-10H2,1H3. The summed E-state index contributed by atoms with van der Waals surface area (Å²) in [5.74, 6) is 1.16. The highest BCUT2D eigenvalue weighted by molar-refractivity contribution is 5.35. The summed E-state index contributed by atoms with van der Waals surface area (Å²) >= 11 is 0. The number of piperidine rings is 1. The lowest BCUT2D eigenvalue weighted by Gasteiger charge is -2.24. The van der Waals surface area contributed by atoms with Gasteiger partial charge in [-0.2, -0.15) is 0 Å². The first-order valence-electron chi connectivity index (χ1n) is 6.29. The van der Waals surface area contributed by atoms with Crippen molar-refractivity contribution >= 4 is 0 Å². The first-order valence-corrected chi connectivity index (χ1v) is 6.29. The van der Waals surface area contributed by atoms with E-state index in [9.17, 15) is 4.39 Å². The van der Waals surface area contributed by atoms with E-state index in [-0.39, 0.29) is 0 Å². The average Bonchev–Trinajstić information content (AvgIpc) is 2.40. The second-order valence-electron chi connectivity index (χ2n) is 4.64. The number of rotatable bonds is 4. The molecule has 1 aromatic carbocycles. The van der Waals surface area contributed by atoms with Crippen LogP contribution >= 0.6 is 0 Å². The van der Waals surface area contributed by atoms with Crippen molar-refractivity contribution in [3.8, 4) is 5.75 Å². The molecule has 94 valence electrons. The topological polar surface area (TPSA) is 21.3 Å². The van der Waals surface area contributed by atoms with Gasteiger partial charge in [-0.1, -0.05) is 18.2 Å². The maximum Gasteiger partial charge on any atom is 0.129 e. The van der Waals surface area contributed by atoms with E-state index < -0.39 is 6.17 Å². The number of nitrogens with one attached hydrogen (secondary N) is 1. The Hall–Kier alpha value is -1.09. The molecule has 2 rings (SSSR count). The molecule has 2 nitrogen and oxygen atoms in total. The zero-order valence-corrected chi connectivity index (χ0v) is 10.3. The Kier molecular flexibility index (Phi) is 4.37. The second kappa shape index (κ2) is 6.01. The molecule has 0 bridgehead atoms. The highest BCUT2D eigenvalue weighted by Gasteiger charge is 2.21. The van der Waals surface area contributed by atoms with Crippen molar-refractivity contribution in [3.63, 3.8) is 0 Å². The maximum absolute atomic E-state index is 14.3.